The summed E-state index contributed by atoms with van der Waals surface area (Å²) >= 11 is 0. The fraction of sp³-hybridized carbons (Fsp3) is 0.771. The highest BCUT2D eigenvalue weighted by atomic mass is 16.6. The van der Waals surface area contributed by atoms with Gasteiger partial charge in [0.2, 0.25) is 0 Å². The van der Waals surface area contributed by atoms with Crippen LogP contribution in [0.3, 0.4) is 0 Å². The second kappa shape index (κ2) is 12.4. The summed E-state index contributed by atoms with van der Waals surface area (Å²) in [7, 11) is 0. The van der Waals surface area contributed by atoms with Gasteiger partial charge in [0.15, 0.2) is 22.8 Å². The van der Waals surface area contributed by atoms with Crippen molar-refractivity contribution in [2.24, 2.45) is 35.0 Å². The molecule has 0 radical (unpaired) electrons. The molecule has 0 aliphatic heterocycles. The SMILES string of the molecule is CCCCCCCCCC(=O)O[C@@]12[C@H](OC(=O)[C@@H](C)CC)[C@@H](C)[C@@]3(O)[C@@H](C(=O)C(CO)=C[C@]4(O)C(=O)C(C)=C[C@@H]34)[C@@H]1C2(C)C. The minimum Gasteiger partial charge on any atom is -0.457 e. The molecule has 0 heterocycles. The van der Waals surface area contributed by atoms with Crippen molar-refractivity contribution in [3.8, 4) is 0 Å². The van der Waals surface area contributed by atoms with E-state index in [1.807, 2.05) is 20.8 Å². The van der Waals surface area contributed by atoms with Gasteiger partial charge in [-0.25, -0.2) is 0 Å². The highest BCUT2D eigenvalue weighted by molar-refractivity contribution is 6.09. The lowest BCUT2D eigenvalue weighted by Crippen LogP contribution is -2.67. The summed E-state index contributed by atoms with van der Waals surface area (Å²) < 4.78 is 12.5. The number of aliphatic hydroxyl groups is 3. The average molecular weight is 617 g/mol. The molecule has 0 aromatic carbocycles. The Labute approximate surface area is 261 Å². The van der Waals surface area contributed by atoms with Gasteiger partial charge < -0.3 is 24.8 Å². The van der Waals surface area contributed by atoms with E-state index in [0.717, 1.165) is 31.8 Å². The smallest absolute Gasteiger partial charge is 0.309 e. The van der Waals surface area contributed by atoms with Crippen LogP contribution in [0.2, 0.25) is 0 Å². The molecule has 0 aromatic heterocycles. The molecule has 44 heavy (non-hydrogen) atoms. The number of fused-ring (bicyclic) bond motifs is 5. The number of esters is 2. The summed E-state index contributed by atoms with van der Waals surface area (Å²) in [5.74, 6) is -7.07. The fourth-order valence-corrected chi connectivity index (χ4v) is 8.53. The zero-order valence-corrected chi connectivity index (χ0v) is 27.5. The molecule has 4 aliphatic rings. The van der Waals surface area contributed by atoms with E-state index in [2.05, 4.69) is 6.92 Å². The van der Waals surface area contributed by atoms with Crippen LogP contribution in [0.5, 0.6) is 0 Å². The fourth-order valence-electron chi connectivity index (χ4n) is 8.53. The lowest BCUT2D eigenvalue weighted by molar-refractivity contribution is -0.231. The molecule has 9 atom stereocenters. The van der Waals surface area contributed by atoms with E-state index in [-0.39, 0.29) is 17.6 Å². The minimum absolute atomic E-state index is 0.169. The lowest BCUT2D eigenvalue weighted by Gasteiger charge is -2.52. The predicted molar refractivity (Wildman–Crippen MR) is 163 cm³/mol. The van der Waals surface area contributed by atoms with Crippen molar-refractivity contribution in [2.75, 3.05) is 6.61 Å². The molecule has 9 nitrogen and oxygen atoms in total. The summed E-state index contributed by atoms with van der Waals surface area (Å²) in [6, 6.07) is 0. The quantitative estimate of drug-likeness (QED) is 0.202. The van der Waals surface area contributed by atoms with E-state index in [0.29, 0.717) is 12.8 Å². The van der Waals surface area contributed by atoms with Crippen LogP contribution in [-0.2, 0) is 28.7 Å². The van der Waals surface area contributed by atoms with Crippen molar-refractivity contribution in [1.29, 1.82) is 0 Å². The summed E-state index contributed by atoms with van der Waals surface area (Å²) in [5, 5.41) is 34.8. The van der Waals surface area contributed by atoms with Crippen molar-refractivity contribution in [3.63, 3.8) is 0 Å². The molecule has 9 heteroatoms. The maximum Gasteiger partial charge on any atom is 0.309 e. The number of hydrogen-bond donors (Lipinski definition) is 3. The standard InChI is InChI=1S/C35H52O9/c1-8-10-11-12-13-14-15-16-25(37)44-35-28(32(35,6)7)26-27(38)23(19-36)18-33(41)24(17-21(4)29(33)39)34(26,42)22(5)30(35)43-31(40)20(3)9-2/h17-18,20,22,24,26,28,30,36,41-42H,8-16,19H2,1-7H3/t20-,22+,24+,26-,28+,30+,33+,34-,35+/m0/s1. The van der Waals surface area contributed by atoms with Crippen molar-refractivity contribution < 1.29 is 44.0 Å². The number of aliphatic hydroxyl groups excluding tert-OH is 1. The van der Waals surface area contributed by atoms with E-state index < -0.39 is 88.0 Å². The Morgan fingerprint density at radius 3 is 2.23 bits per heavy atom. The van der Waals surface area contributed by atoms with Crippen molar-refractivity contribution in [1.82, 2.24) is 0 Å². The molecule has 2 saturated carbocycles. The summed E-state index contributed by atoms with van der Waals surface area (Å²) in [6.07, 6.45) is 9.27. The number of ketones is 2. The molecule has 0 amide bonds. The van der Waals surface area contributed by atoms with Gasteiger partial charge in [-0.15, -0.1) is 0 Å². The second-order valence-corrected chi connectivity index (χ2v) is 14.3. The molecule has 3 N–H and O–H groups in total. The Bertz CT molecular complexity index is 1230. The van der Waals surface area contributed by atoms with Crippen LogP contribution >= 0.6 is 0 Å². The molecule has 0 aromatic rings. The third-order valence-corrected chi connectivity index (χ3v) is 11.4. The molecule has 2 fully saturated rings. The highest BCUT2D eigenvalue weighted by Gasteiger charge is 2.89. The van der Waals surface area contributed by atoms with Crippen LogP contribution in [0.15, 0.2) is 23.3 Å². The topological polar surface area (TPSA) is 147 Å². The highest BCUT2D eigenvalue weighted by Crippen LogP contribution is 2.77. The van der Waals surface area contributed by atoms with Crippen LogP contribution in [-0.4, -0.2) is 68.3 Å². The van der Waals surface area contributed by atoms with Crippen molar-refractivity contribution in [2.45, 2.75) is 129 Å². The van der Waals surface area contributed by atoms with Gasteiger partial charge in [0.25, 0.3) is 0 Å². The second-order valence-electron chi connectivity index (χ2n) is 14.3. The first-order valence-electron chi connectivity index (χ1n) is 16.6. The van der Waals surface area contributed by atoms with Crippen LogP contribution in [0.25, 0.3) is 0 Å². The zero-order valence-electron chi connectivity index (χ0n) is 27.5. The number of rotatable bonds is 13. The van der Waals surface area contributed by atoms with E-state index >= 15 is 0 Å². The summed E-state index contributed by atoms with van der Waals surface area (Å²) in [4.78, 5) is 54.3. The van der Waals surface area contributed by atoms with Gasteiger partial charge in [-0.3, -0.25) is 19.2 Å². The van der Waals surface area contributed by atoms with Crippen LogP contribution in [0.4, 0.5) is 0 Å². The van der Waals surface area contributed by atoms with Crippen LogP contribution in [0, 0.1) is 35.0 Å². The lowest BCUT2D eigenvalue weighted by atomic mass is 9.58. The first-order valence-corrected chi connectivity index (χ1v) is 16.6. The number of unbranched alkanes of at least 4 members (excludes halogenated alkanes) is 6. The molecular formula is C35H52O9. The number of carbonyl (C=O) groups excluding carboxylic acids is 4. The maximum absolute atomic E-state index is 14.2. The Hall–Kier alpha value is -2.36. The number of hydrogen-bond acceptors (Lipinski definition) is 9. The summed E-state index contributed by atoms with van der Waals surface area (Å²) in [6.45, 7) is 11.8. The average Bonchev–Trinajstić information content (AvgIpc) is 3.38. The minimum atomic E-state index is -2.27. The normalized spacial score (nSPS) is 37.5. The van der Waals surface area contributed by atoms with Crippen LogP contribution in [0.1, 0.15) is 106 Å². The number of carbonyl (C=O) groups is 4. The monoisotopic (exact) mass is 616 g/mol. The zero-order chi connectivity index (χ0) is 32.8. The molecule has 0 spiro atoms. The largest absolute Gasteiger partial charge is 0.457 e. The van der Waals surface area contributed by atoms with Gasteiger partial charge in [-0.05, 0) is 31.4 Å². The Kier molecular flexibility index (Phi) is 9.76. The van der Waals surface area contributed by atoms with Crippen molar-refractivity contribution >= 4 is 23.5 Å². The molecular weight excluding hydrogens is 564 g/mol. The van der Waals surface area contributed by atoms with Gasteiger partial charge in [0.05, 0.1) is 24.0 Å². The molecule has 4 aliphatic carbocycles. The van der Waals surface area contributed by atoms with Gasteiger partial charge in [-0.2, -0.15) is 0 Å². The maximum atomic E-state index is 14.2. The van der Waals surface area contributed by atoms with E-state index in [1.54, 1.807) is 13.8 Å². The molecule has 0 bridgehead atoms. The van der Waals surface area contributed by atoms with E-state index in [4.69, 9.17) is 9.47 Å². The molecule has 0 unspecified atom stereocenters. The molecule has 0 saturated heterocycles. The molecule has 246 valence electrons. The van der Waals surface area contributed by atoms with E-state index in [1.165, 1.54) is 25.8 Å². The molecule has 4 rings (SSSR count). The van der Waals surface area contributed by atoms with E-state index in [9.17, 15) is 34.5 Å². The Morgan fingerprint density at radius 2 is 1.64 bits per heavy atom. The number of Topliss-reactive ketones (excluding diaryl/α,β-unsaturated/α-hetero) is 2. The van der Waals surface area contributed by atoms with Gasteiger partial charge in [0.1, 0.15) is 6.10 Å². The number of ether oxygens (including phenoxy) is 2. The Balaban J connectivity index is 1.76. The third-order valence-electron chi connectivity index (χ3n) is 11.4. The Morgan fingerprint density at radius 1 is 1.02 bits per heavy atom. The first-order chi connectivity index (χ1) is 20.6. The first kappa shape index (κ1) is 34.5. The predicted octanol–water partition coefficient (Wildman–Crippen LogP) is 4.40. The third kappa shape index (κ3) is 5.11. The van der Waals surface area contributed by atoms with Crippen LogP contribution < -0.4 is 0 Å². The van der Waals surface area contributed by atoms with Gasteiger partial charge in [0, 0.05) is 35.2 Å². The van der Waals surface area contributed by atoms with Gasteiger partial charge in [-0.1, -0.05) is 86.1 Å². The van der Waals surface area contributed by atoms with Crippen molar-refractivity contribution in [3.05, 3.63) is 23.3 Å². The van der Waals surface area contributed by atoms with Gasteiger partial charge >= 0.3 is 11.9 Å². The summed E-state index contributed by atoms with van der Waals surface area (Å²) in [5.41, 5.74) is -6.64.